The molecule has 0 saturated carbocycles. The molecule has 1 aromatic rings. The Morgan fingerprint density at radius 1 is 1.31 bits per heavy atom. The minimum Gasteiger partial charge on any atom is -0.508 e. The van der Waals surface area contributed by atoms with Crippen molar-refractivity contribution in [1.29, 1.82) is 0 Å². The molecule has 0 spiro atoms. The van der Waals surface area contributed by atoms with Crippen LogP contribution in [0.25, 0.3) is 0 Å². The van der Waals surface area contributed by atoms with Crippen LogP contribution in [0.15, 0.2) is 18.2 Å². The Morgan fingerprint density at radius 2 is 2.06 bits per heavy atom. The summed E-state index contributed by atoms with van der Waals surface area (Å²) in [6.07, 6.45) is 2.51. The zero-order valence-corrected chi connectivity index (χ0v) is 9.82. The van der Waals surface area contributed by atoms with Crippen LogP contribution in [0.5, 0.6) is 5.75 Å². The van der Waals surface area contributed by atoms with Crippen LogP contribution in [-0.4, -0.2) is 17.7 Å². The summed E-state index contributed by atoms with van der Waals surface area (Å²) in [6.45, 7) is 4.42. The quantitative estimate of drug-likeness (QED) is 0.779. The second-order valence-electron chi connectivity index (χ2n) is 3.73. The molecule has 0 aliphatic rings. The molecule has 88 valence electrons. The van der Waals surface area contributed by atoms with E-state index in [0.29, 0.717) is 12.2 Å². The highest BCUT2D eigenvalue weighted by Crippen LogP contribution is 2.19. The maximum Gasteiger partial charge on any atom is 0.338 e. The largest absolute Gasteiger partial charge is 0.508 e. The molecule has 1 rings (SSSR count). The molecule has 0 aliphatic carbocycles. The lowest BCUT2D eigenvalue weighted by Gasteiger charge is -2.08. The zero-order chi connectivity index (χ0) is 12.0. The summed E-state index contributed by atoms with van der Waals surface area (Å²) in [5.74, 6) is -0.110. The number of phenols is 1. The molecule has 1 N–H and O–H groups in total. The van der Waals surface area contributed by atoms with Crippen LogP contribution < -0.4 is 0 Å². The minimum atomic E-state index is -0.301. The van der Waals surface area contributed by atoms with Crippen LogP contribution in [0.4, 0.5) is 0 Å². The molecule has 0 unspecified atom stereocenters. The monoisotopic (exact) mass is 222 g/mol. The van der Waals surface area contributed by atoms with Gasteiger partial charge < -0.3 is 9.84 Å². The number of hydrogen-bond donors (Lipinski definition) is 1. The summed E-state index contributed by atoms with van der Waals surface area (Å²) in [5.41, 5.74) is 1.41. The summed E-state index contributed by atoms with van der Waals surface area (Å²) in [6, 6.07) is 4.77. The SMILES string of the molecule is CCCOC(=O)c1ccc(O)cc1CCC. The predicted molar refractivity (Wildman–Crippen MR) is 62.7 cm³/mol. The Morgan fingerprint density at radius 3 is 2.69 bits per heavy atom. The van der Waals surface area contributed by atoms with Gasteiger partial charge in [-0.25, -0.2) is 4.79 Å². The Kier molecular flexibility index (Phi) is 4.83. The van der Waals surface area contributed by atoms with Crippen molar-refractivity contribution in [2.24, 2.45) is 0 Å². The molecule has 3 heteroatoms. The van der Waals surface area contributed by atoms with E-state index in [4.69, 9.17) is 4.74 Å². The molecule has 0 aliphatic heterocycles. The van der Waals surface area contributed by atoms with Crippen molar-refractivity contribution in [2.45, 2.75) is 33.1 Å². The van der Waals surface area contributed by atoms with Crippen LogP contribution >= 0.6 is 0 Å². The maximum absolute atomic E-state index is 11.7. The van der Waals surface area contributed by atoms with Crippen LogP contribution in [0, 0.1) is 0 Å². The molecule has 0 saturated heterocycles. The summed E-state index contributed by atoms with van der Waals surface area (Å²) < 4.78 is 5.08. The average Bonchev–Trinajstić information content (AvgIpc) is 2.26. The second kappa shape index (κ2) is 6.16. The zero-order valence-electron chi connectivity index (χ0n) is 9.82. The first-order valence-corrected chi connectivity index (χ1v) is 5.68. The third-order valence-corrected chi connectivity index (χ3v) is 2.27. The van der Waals surface area contributed by atoms with Gasteiger partial charge in [0.1, 0.15) is 5.75 Å². The van der Waals surface area contributed by atoms with Gasteiger partial charge in [0.05, 0.1) is 12.2 Å². The first-order chi connectivity index (χ1) is 7.69. The normalized spacial score (nSPS) is 10.1. The highest BCUT2D eigenvalue weighted by atomic mass is 16.5. The van der Waals surface area contributed by atoms with Gasteiger partial charge in [-0.3, -0.25) is 0 Å². The average molecular weight is 222 g/mol. The van der Waals surface area contributed by atoms with E-state index in [1.165, 1.54) is 6.07 Å². The van der Waals surface area contributed by atoms with Gasteiger partial charge in [0.15, 0.2) is 0 Å². The molecular weight excluding hydrogens is 204 g/mol. The van der Waals surface area contributed by atoms with Crippen molar-refractivity contribution < 1.29 is 14.6 Å². The van der Waals surface area contributed by atoms with E-state index in [9.17, 15) is 9.90 Å². The van der Waals surface area contributed by atoms with Crippen molar-refractivity contribution in [2.75, 3.05) is 6.61 Å². The molecule has 0 atom stereocenters. The molecule has 0 radical (unpaired) electrons. The Balaban J connectivity index is 2.88. The Hall–Kier alpha value is -1.51. The molecule has 3 nitrogen and oxygen atoms in total. The van der Waals surface area contributed by atoms with Crippen LogP contribution in [0.1, 0.15) is 42.6 Å². The highest BCUT2D eigenvalue weighted by Gasteiger charge is 2.12. The van der Waals surface area contributed by atoms with Gasteiger partial charge in [-0.2, -0.15) is 0 Å². The number of hydrogen-bond acceptors (Lipinski definition) is 3. The molecule has 0 bridgehead atoms. The number of ether oxygens (including phenoxy) is 1. The number of aromatic hydroxyl groups is 1. The third-order valence-electron chi connectivity index (χ3n) is 2.27. The van der Waals surface area contributed by atoms with Gasteiger partial charge >= 0.3 is 5.97 Å². The number of aryl methyl sites for hydroxylation is 1. The Bertz CT molecular complexity index is 358. The summed E-state index contributed by atoms with van der Waals surface area (Å²) in [7, 11) is 0. The first kappa shape index (κ1) is 12.6. The van der Waals surface area contributed by atoms with Gasteiger partial charge in [-0.1, -0.05) is 20.3 Å². The fourth-order valence-electron chi connectivity index (χ4n) is 1.53. The maximum atomic E-state index is 11.7. The molecule has 0 amide bonds. The summed E-state index contributed by atoms with van der Waals surface area (Å²) in [5, 5.41) is 9.37. The lowest BCUT2D eigenvalue weighted by Crippen LogP contribution is -2.08. The van der Waals surface area contributed by atoms with E-state index in [-0.39, 0.29) is 11.7 Å². The van der Waals surface area contributed by atoms with Gasteiger partial charge in [-0.15, -0.1) is 0 Å². The van der Waals surface area contributed by atoms with E-state index in [2.05, 4.69) is 0 Å². The first-order valence-electron chi connectivity index (χ1n) is 5.68. The van der Waals surface area contributed by atoms with Gasteiger partial charge in [0.25, 0.3) is 0 Å². The van der Waals surface area contributed by atoms with Gasteiger partial charge in [-0.05, 0) is 36.6 Å². The fourth-order valence-corrected chi connectivity index (χ4v) is 1.53. The van der Waals surface area contributed by atoms with Crippen molar-refractivity contribution in [1.82, 2.24) is 0 Å². The van der Waals surface area contributed by atoms with Gasteiger partial charge in [0.2, 0.25) is 0 Å². The third kappa shape index (κ3) is 3.26. The lowest BCUT2D eigenvalue weighted by atomic mass is 10.0. The highest BCUT2D eigenvalue weighted by molar-refractivity contribution is 5.91. The summed E-state index contributed by atoms with van der Waals surface area (Å²) >= 11 is 0. The number of benzene rings is 1. The van der Waals surface area contributed by atoms with E-state index in [1.807, 2.05) is 13.8 Å². The molecule has 16 heavy (non-hydrogen) atoms. The van der Waals surface area contributed by atoms with E-state index >= 15 is 0 Å². The van der Waals surface area contributed by atoms with Crippen molar-refractivity contribution in [3.05, 3.63) is 29.3 Å². The number of carbonyl (C=O) groups excluding carboxylic acids is 1. The molecular formula is C13H18O3. The van der Waals surface area contributed by atoms with Crippen molar-refractivity contribution >= 4 is 5.97 Å². The number of carbonyl (C=O) groups is 1. The topological polar surface area (TPSA) is 46.5 Å². The number of esters is 1. The molecule has 1 aromatic carbocycles. The number of phenolic OH excluding ortho intramolecular Hbond substituents is 1. The van der Waals surface area contributed by atoms with Crippen LogP contribution in [0.3, 0.4) is 0 Å². The molecule has 0 fully saturated rings. The fraction of sp³-hybridized carbons (Fsp3) is 0.462. The summed E-state index contributed by atoms with van der Waals surface area (Å²) in [4.78, 5) is 11.7. The van der Waals surface area contributed by atoms with E-state index in [1.54, 1.807) is 12.1 Å². The minimum absolute atomic E-state index is 0.190. The lowest BCUT2D eigenvalue weighted by molar-refractivity contribution is 0.0504. The van der Waals surface area contributed by atoms with Crippen molar-refractivity contribution in [3.63, 3.8) is 0 Å². The number of rotatable bonds is 5. The molecule has 0 heterocycles. The van der Waals surface area contributed by atoms with E-state index < -0.39 is 0 Å². The van der Waals surface area contributed by atoms with E-state index in [0.717, 1.165) is 24.8 Å². The van der Waals surface area contributed by atoms with Crippen LogP contribution in [0.2, 0.25) is 0 Å². The van der Waals surface area contributed by atoms with Crippen LogP contribution in [-0.2, 0) is 11.2 Å². The Labute approximate surface area is 96.1 Å². The second-order valence-corrected chi connectivity index (χ2v) is 3.73. The molecule has 0 aromatic heterocycles. The smallest absolute Gasteiger partial charge is 0.338 e. The van der Waals surface area contributed by atoms with Gasteiger partial charge in [0, 0.05) is 0 Å². The predicted octanol–water partition coefficient (Wildman–Crippen LogP) is 2.91. The standard InChI is InChI=1S/C13H18O3/c1-3-5-10-9-11(14)6-7-12(10)13(15)16-8-4-2/h6-7,9,14H,3-5,8H2,1-2H3. The van der Waals surface area contributed by atoms with Crippen molar-refractivity contribution in [3.8, 4) is 5.75 Å².